The normalized spacial score (nSPS) is 21.3. The van der Waals surface area contributed by atoms with E-state index in [2.05, 4.69) is 21.6 Å². The van der Waals surface area contributed by atoms with Gasteiger partial charge < -0.3 is 30.7 Å². The van der Waals surface area contributed by atoms with E-state index in [-0.39, 0.29) is 6.04 Å². The first-order chi connectivity index (χ1) is 9.36. The SMILES string of the molecule is CC(CN)NC(C)OP(O)(=S)OC(C)C(N)OP(O)(O)=S. The van der Waals surface area contributed by atoms with E-state index in [0.717, 1.165) is 0 Å². The molecule has 0 rings (SSSR count). The molecular formula is C8H23N3O6P2S2. The summed E-state index contributed by atoms with van der Waals surface area (Å²) in [7, 11) is 0. The fourth-order valence-corrected chi connectivity index (χ4v) is 3.87. The summed E-state index contributed by atoms with van der Waals surface area (Å²) in [6.45, 7) is -2.26. The lowest BCUT2D eigenvalue weighted by molar-refractivity contribution is 0.0329. The molecule has 0 fully saturated rings. The minimum absolute atomic E-state index is 0.0348. The van der Waals surface area contributed by atoms with Crippen molar-refractivity contribution in [1.82, 2.24) is 5.32 Å². The second-order valence-corrected chi connectivity index (χ2v) is 9.75. The van der Waals surface area contributed by atoms with Gasteiger partial charge in [-0.1, -0.05) is 0 Å². The van der Waals surface area contributed by atoms with Crippen LogP contribution >= 0.6 is 13.4 Å². The third-order valence-electron chi connectivity index (χ3n) is 2.19. The molecule has 8 N–H and O–H groups in total. The number of rotatable bonds is 10. The highest BCUT2D eigenvalue weighted by Gasteiger charge is 2.28. The van der Waals surface area contributed by atoms with Crippen LogP contribution in [0.4, 0.5) is 0 Å². The maximum absolute atomic E-state index is 9.95. The van der Waals surface area contributed by atoms with Crippen LogP contribution in [0.5, 0.6) is 0 Å². The van der Waals surface area contributed by atoms with Crippen LogP contribution in [0.15, 0.2) is 0 Å². The standard InChI is InChI=1S/C8H23N3O6P2S2/c1-5(4-9)11-7(3)16-19(14,21)15-6(2)8(10)17-18(12,13)20/h5-8,11H,4,9-10H2,1-3H3,(H,14,21)(H2,12,13,20). The van der Waals surface area contributed by atoms with E-state index >= 15 is 0 Å². The smallest absolute Gasteiger partial charge is 0.326 e. The highest BCUT2D eigenvalue weighted by molar-refractivity contribution is 8.07. The van der Waals surface area contributed by atoms with Gasteiger partial charge in [-0.25, -0.2) is 0 Å². The summed E-state index contributed by atoms with van der Waals surface area (Å²) in [4.78, 5) is 27.9. The Balaban J connectivity index is 4.45. The van der Waals surface area contributed by atoms with E-state index in [1.807, 2.05) is 6.92 Å². The number of hydrogen-bond donors (Lipinski definition) is 6. The molecule has 5 atom stereocenters. The monoisotopic (exact) mass is 383 g/mol. The van der Waals surface area contributed by atoms with Crippen LogP contribution in [0.1, 0.15) is 20.8 Å². The summed E-state index contributed by atoms with van der Waals surface area (Å²) >= 11 is 9.13. The lowest BCUT2D eigenvalue weighted by Crippen LogP contribution is -2.41. The van der Waals surface area contributed by atoms with Gasteiger partial charge in [-0.15, -0.1) is 0 Å². The van der Waals surface area contributed by atoms with Crippen molar-refractivity contribution in [3.8, 4) is 0 Å². The zero-order valence-electron chi connectivity index (χ0n) is 11.9. The molecule has 0 aromatic carbocycles. The van der Waals surface area contributed by atoms with Gasteiger partial charge in [-0.3, -0.25) is 14.4 Å². The van der Waals surface area contributed by atoms with E-state index in [1.165, 1.54) is 6.92 Å². The summed E-state index contributed by atoms with van der Waals surface area (Å²) in [5.74, 6) is 0. The highest BCUT2D eigenvalue weighted by Crippen LogP contribution is 2.47. The van der Waals surface area contributed by atoms with Crippen LogP contribution in [0.2, 0.25) is 0 Å². The first-order valence-corrected chi connectivity index (χ1v) is 11.2. The molecule has 0 aromatic heterocycles. The molecule has 0 aromatic rings. The molecule has 0 aliphatic heterocycles. The van der Waals surface area contributed by atoms with Gasteiger partial charge in [0.25, 0.3) is 0 Å². The Morgan fingerprint density at radius 3 is 2.05 bits per heavy atom. The Morgan fingerprint density at radius 2 is 1.62 bits per heavy atom. The fourth-order valence-electron chi connectivity index (χ4n) is 1.24. The van der Waals surface area contributed by atoms with Crippen molar-refractivity contribution >= 4 is 37.1 Å². The molecule has 0 aliphatic carbocycles. The molecule has 0 aliphatic rings. The van der Waals surface area contributed by atoms with Crippen LogP contribution in [0, 0.1) is 0 Å². The number of nitrogens with two attached hydrogens (primary N) is 2. The van der Waals surface area contributed by atoms with Gasteiger partial charge in [-0.05, 0) is 44.4 Å². The molecule has 0 amide bonds. The van der Waals surface area contributed by atoms with Crippen molar-refractivity contribution in [1.29, 1.82) is 0 Å². The summed E-state index contributed by atoms with van der Waals surface area (Å²) in [6, 6.07) is -0.0348. The van der Waals surface area contributed by atoms with Crippen LogP contribution in [0.3, 0.4) is 0 Å². The zero-order valence-corrected chi connectivity index (χ0v) is 15.4. The second kappa shape index (κ2) is 9.29. The maximum atomic E-state index is 9.95. The van der Waals surface area contributed by atoms with Crippen LogP contribution < -0.4 is 16.8 Å². The predicted molar refractivity (Wildman–Crippen MR) is 87.0 cm³/mol. The van der Waals surface area contributed by atoms with E-state index < -0.39 is 32.0 Å². The third kappa shape index (κ3) is 11.2. The minimum atomic E-state index is -3.93. The van der Waals surface area contributed by atoms with Gasteiger partial charge in [0.05, 0.1) is 0 Å². The first kappa shape index (κ1) is 21.9. The number of hydrogen-bond acceptors (Lipinski definition) is 8. The highest BCUT2D eigenvalue weighted by atomic mass is 32.5. The van der Waals surface area contributed by atoms with Crippen LogP contribution in [0.25, 0.3) is 0 Å². The quantitative estimate of drug-likeness (QED) is 0.212. The summed E-state index contributed by atoms with van der Waals surface area (Å²) in [6.07, 6.45) is -2.82. The molecule has 0 saturated carbocycles. The molecule has 0 heterocycles. The largest absolute Gasteiger partial charge is 0.329 e. The molecule has 13 heteroatoms. The molecule has 0 saturated heterocycles. The fraction of sp³-hybridized carbons (Fsp3) is 1.00. The van der Waals surface area contributed by atoms with Gasteiger partial charge in [0.1, 0.15) is 18.6 Å². The summed E-state index contributed by atoms with van der Waals surface area (Å²) in [5.41, 5.74) is 11.0. The molecule has 0 spiro atoms. The average molecular weight is 383 g/mol. The van der Waals surface area contributed by atoms with Gasteiger partial charge in [0.15, 0.2) is 0 Å². The topological polar surface area (TPSA) is 152 Å². The summed E-state index contributed by atoms with van der Waals surface area (Å²) in [5, 5.41) is 2.95. The first-order valence-electron chi connectivity index (χ1n) is 6.01. The van der Waals surface area contributed by atoms with Crippen LogP contribution in [-0.2, 0) is 37.2 Å². The van der Waals surface area contributed by atoms with Gasteiger partial charge in [0, 0.05) is 12.6 Å². The maximum Gasteiger partial charge on any atom is 0.326 e. The molecular weight excluding hydrogens is 360 g/mol. The average Bonchev–Trinajstić information content (AvgIpc) is 2.24. The Hall–Kier alpha value is 0.940. The van der Waals surface area contributed by atoms with Crippen molar-refractivity contribution in [3.63, 3.8) is 0 Å². The lowest BCUT2D eigenvalue weighted by Gasteiger charge is -2.28. The second-order valence-electron chi connectivity index (χ2n) is 4.39. The van der Waals surface area contributed by atoms with Crippen molar-refractivity contribution in [3.05, 3.63) is 0 Å². The molecule has 9 nitrogen and oxygen atoms in total. The predicted octanol–water partition coefficient (Wildman–Crippen LogP) is -0.582. The van der Waals surface area contributed by atoms with Crippen molar-refractivity contribution in [2.45, 2.75) is 45.4 Å². The van der Waals surface area contributed by atoms with Crippen molar-refractivity contribution in [2.75, 3.05) is 6.54 Å². The van der Waals surface area contributed by atoms with E-state index in [1.54, 1.807) is 6.92 Å². The van der Waals surface area contributed by atoms with Crippen molar-refractivity contribution < 1.29 is 28.3 Å². The molecule has 5 unspecified atom stereocenters. The van der Waals surface area contributed by atoms with Gasteiger partial charge in [0.2, 0.25) is 0 Å². The number of nitrogens with one attached hydrogen (secondary N) is 1. The van der Waals surface area contributed by atoms with Crippen molar-refractivity contribution in [2.24, 2.45) is 11.5 Å². The van der Waals surface area contributed by atoms with E-state index in [9.17, 15) is 4.89 Å². The Kier molecular flexibility index (Phi) is 9.70. The minimum Gasteiger partial charge on any atom is -0.329 e. The Bertz CT molecular complexity index is 411. The Labute approximate surface area is 134 Å². The van der Waals surface area contributed by atoms with Gasteiger partial charge >= 0.3 is 13.4 Å². The lowest BCUT2D eigenvalue weighted by atomic mass is 10.3. The molecule has 128 valence electrons. The third-order valence-corrected chi connectivity index (χ3v) is 4.66. The molecule has 0 radical (unpaired) electrons. The zero-order chi connectivity index (χ0) is 16.8. The van der Waals surface area contributed by atoms with E-state index in [0.29, 0.717) is 6.54 Å². The summed E-state index contributed by atoms with van der Waals surface area (Å²) < 4.78 is 14.9. The Morgan fingerprint density at radius 1 is 1.10 bits per heavy atom. The van der Waals surface area contributed by atoms with Crippen LogP contribution in [-0.4, -0.2) is 45.8 Å². The molecule has 21 heavy (non-hydrogen) atoms. The van der Waals surface area contributed by atoms with Gasteiger partial charge in [-0.2, -0.15) is 0 Å². The molecule has 0 bridgehead atoms. The van der Waals surface area contributed by atoms with E-state index in [4.69, 9.17) is 42.1 Å².